The van der Waals surface area contributed by atoms with Crippen molar-refractivity contribution in [1.29, 1.82) is 0 Å². The van der Waals surface area contributed by atoms with Gasteiger partial charge in [0.15, 0.2) is 0 Å². The number of hydrogen-bond acceptors (Lipinski definition) is 4. The first-order chi connectivity index (χ1) is 9.37. The van der Waals surface area contributed by atoms with Crippen LogP contribution in [0.15, 0.2) is 24.3 Å². The minimum absolute atomic E-state index is 0. The fraction of sp³-hybridized carbons (Fsp3) is 0.455. The van der Waals surface area contributed by atoms with E-state index in [9.17, 15) is 19.2 Å². The maximum absolute atomic E-state index is 10.4. The van der Waals surface area contributed by atoms with Gasteiger partial charge in [-0.05, 0) is 12.6 Å². The van der Waals surface area contributed by atoms with Gasteiger partial charge in [-0.3, -0.25) is 12.6 Å². The van der Waals surface area contributed by atoms with Crippen LogP contribution < -0.4 is 0 Å². The fourth-order valence-corrected chi connectivity index (χ4v) is 1.18. The molecule has 0 heterocycles. The van der Waals surface area contributed by atoms with Crippen molar-refractivity contribution in [3.05, 3.63) is 54.0 Å². The van der Waals surface area contributed by atoms with Crippen molar-refractivity contribution in [1.82, 2.24) is 0 Å². The summed E-state index contributed by atoms with van der Waals surface area (Å²) in [6, 6.07) is 0. The van der Waals surface area contributed by atoms with Gasteiger partial charge >= 0.3 is 0 Å². The quantitative estimate of drug-likeness (QED) is 0.265. The number of rotatable bonds is 6. The molecule has 10 heteroatoms. The maximum atomic E-state index is 10.4. The van der Waals surface area contributed by atoms with Crippen molar-refractivity contribution in [2.75, 3.05) is 0 Å². The minimum atomic E-state index is -0.541. The third kappa shape index (κ3) is 91.9. The monoisotopic (exact) mass is 902 g/mol. The molecule has 4 nitrogen and oxygen atoms in total. The largest absolute Gasteiger partial charge is 0.541 e. The van der Waals surface area contributed by atoms with Crippen LogP contribution >= 0.6 is 0 Å². The first-order valence-corrected chi connectivity index (χ1v) is 6.23. The zero-order valence-corrected chi connectivity index (χ0v) is 38.2. The van der Waals surface area contributed by atoms with Crippen LogP contribution in [0.3, 0.4) is 0 Å². The van der Waals surface area contributed by atoms with Gasteiger partial charge in [0.1, 0.15) is 0 Å². The summed E-state index contributed by atoms with van der Waals surface area (Å²) in [6.07, 6.45) is 7.47. The second-order valence-electron chi connectivity index (χ2n) is 5.91. The molecule has 0 saturated carbocycles. The first-order valence-electron chi connectivity index (χ1n) is 6.23. The van der Waals surface area contributed by atoms with Crippen LogP contribution in [0.2, 0.25) is 0 Å². The molecule has 6 radical (unpaired) electrons. The van der Waals surface area contributed by atoms with Crippen molar-refractivity contribution >= 4 is 25.1 Å². The molecule has 0 aromatic carbocycles. The van der Waals surface area contributed by atoms with E-state index in [-0.39, 0.29) is 233 Å². The molecule has 0 amide bonds. The van der Waals surface area contributed by atoms with Crippen molar-refractivity contribution in [3.63, 3.8) is 0 Å². The van der Waals surface area contributed by atoms with Crippen LogP contribution in [0.4, 0.5) is 0 Å². The summed E-state index contributed by atoms with van der Waals surface area (Å²) in [5.41, 5.74) is -0.183. The average Bonchev–Trinajstić information content (AvgIpc) is 2.39. The molecular formula is C22H40O4Y6-8. The molecule has 0 rings (SSSR count). The van der Waals surface area contributed by atoms with Crippen molar-refractivity contribution in [2.45, 2.75) is 55.4 Å². The molecule has 0 aromatic rings. The van der Waals surface area contributed by atoms with E-state index < -0.39 is 10.8 Å². The van der Waals surface area contributed by atoms with E-state index in [1.165, 1.54) is 0 Å². The van der Waals surface area contributed by atoms with Crippen molar-refractivity contribution in [3.8, 4) is 0 Å². The Hall–Kier alpha value is 4.78. The maximum Gasteiger partial charge on any atom is 0 e. The van der Waals surface area contributed by atoms with Crippen LogP contribution in [0, 0.1) is 40.5 Å². The standard InChI is InChI=1S/C9H14O2.2C4H5O.CH4.4CH3.6Y/c1-8(2,6-10)5-9(3,4)7-11;2*1-4(2)3-5;;;;;;;;;;;/h5H2,1-4H3;2*1H2,2H3;1H4;4*1H3;;;;;;/q-2;2*-1;;4*-1;;;;;;. The van der Waals surface area contributed by atoms with E-state index in [0.717, 1.165) is 0 Å². The molecular weight excluding hydrogens is 862 g/mol. The van der Waals surface area contributed by atoms with Gasteiger partial charge in [-0.1, -0.05) is 55.4 Å². The van der Waals surface area contributed by atoms with Crippen LogP contribution in [-0.4, -0.2) is 25.1 Å². The summed E-state index contributed by atoms with van der Waals surface area (Å²) < 4.78 is 0. The molecule has 0 bridgehead atoms. The molecule has 178 valence electrons. The SMILES string of the molecule is C.C=C(C)[C-]=O.C=C(C)[C-]=O.CC(C)([C-]=O)CC(C)(C)[C-]=O.[CH3-].[CH3-].[CH3-].[CH3-].[Y].[Y].[Y].[Y].[Y].[Y]. The topological polar surface area (TPSA) is 68.3 Å². The summed E-state index contributed by atoms with van der Waals surface area (Å²) in [5.74, 6) is 0. The second kappa shape index (κ2) is 56.1. The van der Waals surface area contributed by atoms with E-state index in [2.05, 4.69) is 13.2 Å². The van der Waals surface area contributed by atoms with E-state index in [0.29, 0.717) is 17.6 Å². The Labute approximate surface area is 353 Å². The van der Waals surface area contributed by atoms with Gasteiger partial charge in [-0.15, -0.1) is 10.8 Å². The first kappa shape index (κ1) is 90.7. The van der Waals surface area contributed by atoms with Gasteiger partial charge < -0.3 is 48.9 Å². The van der Waals surface area contributed by atoms with Gasteiger partial charge in [0.05, 0.1) is 0 Å². The number of hydrogen-bond donors (Lipinski definition) is 0. The Morgan fingerprint density at radius 3 is 0.781 bits per heavy atom. The van der Waals surface area contributed by atoms with Gasteiger partial charge in [0, 0.05) is 196 Å². The van der Waals surface area contributed by atoms with E-state index in [1.807, 2.05) is 12.6 Å². The Bertz CT molecular complexity index is 364. The third-order valence-corrected chi connectivity index (χ3v) is 1.78. The number of allylic oxidation sites excluding steroid dienone is 2. The summed E-state index contributed by atoms with van der Waals surface area (Å²) in [5, 5.41) is 0. The zero-order valence-electron chi connectivity index (χ0n) is 21.2. The van der Waals surface area contributed by atoms with Crippen molar-refractivity contribution < 1.29 is 215 Å². The van der Waals surface area contributed by atoms with Gasteiger partial charge in [0.25, 0.3) is 0 Å². The average molecular weight is 902 g/mol. The molecule has 0 atom stereocenters. The van der Waals surface area contributed by atoms with E-state index in [4.69, 9.17) is 0 Å². The molecule has 0 unspecified atom stereocenters. The zero-order chi connectivity index (χ0) is 17.7. The molecule has 0 aliphatic carbocycles. The Balaban J connectivity index is -0.0000000116. The number of carbonyl (C=O) groups excluding carboxylic acids is 4. The Kier molecular flexibility index (Phi) is 159. The van der Waals surface area contributed by atoms with Gasteiger partial charge in [-0.25, -0.2) is 13.2 Å². The van der Waals surface area contributed by atoms with Crippen LogP contribution in [0.5, 0.6) is 0 Å². The van der Waals surface area contributed by atoms with E-state index >= 15 is 0 Å². The Morgan fingerprint density at radius 2 is 0.719 bits per heavy atom. The molecule has 0 fully saturated rings. The third-order valence-electron chi connectivity index (χ3n) is 1.78. The van der Waals surface area contributed by atoms with E-state index in [1.54, 1.807) is 54.1 Å². The predicted molar refractivity (Wildman–Crippen MR) is 117 cm³/mol. The normalized spacial score (nSPS) is 6.44. The molecule has 0 aromatic heterocycles. The second-order valence-corrected chi connectivity index (χ2v) is 5.91. The molecule has 32 heavy (non-hydrogen) atoms. The Morgan fingerprint density at radius 1 is 0.594 bits per heavy atom. The molecule has 0 aliphatic rings. The molecule has 0 spiro atoms. The van der Waals surface area contributed by atoms with Crippen LogP contribution in [0.1, 0.15) is 55.4 Å². The summed E-state index contributed by atoms with van der Waals surface area (Å²) >= 11 is 0. The summed E-state index contributed by atoms with van der Waals surface area (Å²) in [4.78, 5) is 39.3. The summed E-state index contributed by atoms with van der Waals surface area (Å²) in [6.45, 7) is 16.8. The van der Waals surface area contributed by atoms with Gasteiger partial charge in [-0.2, -0.15) is 11.1 Å². The summed E-state index contributed by atoms with van der Waals surface area (Å²) in [7, 11) is 0. The van der Waals surface area contributed by atoms with Crippen molar-refractivity contribution in [2.24, 2.45) is 10.8 Å². The van der Waals surface area contributed by atoms with Gasteiger partial charge in [0.2, 0.25) is 0 Å². The molecule has 0 aliphatic heterocycles. The molecule has 0 saturated heterocycles. The smallest absolute Gasteiger partial charge is 0 e. The van der Waals surface area contributed by atoms with Crippen LogP contribution in [0.25, 0.3) is 0 Å². The van der Waals surface area contributed by atoms with Crippen LogP contribution in [-0.2, 0) is 215 Å². The minimum Gasteiger partial charge on any atom is -0.541 e. The predicted octanol–water partition coefficient (Wildman–Crippen LogP) is 5.41. The molecule has 0 N–H and O–H groups in total. The fourth-order valence-electron chi connectivity index (χ4n) is 1.18.